The first-order valence-electron chi connectivity index (χ1n) is 6.73. The second-order valence-corrected chi connectivity index (χ2v) is 4.90. The van der Waals surface area contributed by atoms with E-state index in [0.29, 0.717) is 6.61 Å². The lowest BCUT2D eigenvalue weighted by molar-refractivity contribution is 0.127. The summed E-state index contributed by atoms with van der Waals surface area (Å²) in [4.78, 5) is 20.1. The Balaban J connectivity index is 1.77. The van der Waals surface area contributed by atoms with E-state index in [4.69, 9.17) is 9.94 Å². The Kier molecular flexibility index (Phi) is 4.92. The van der Waals surface area contributed by atoms with E-state index in [2.05, 4.69) is 15.5 Å². The number of pyridine rings is 1. The van der Waals surface area contributed by atoms with E-state index in [1.807, 2.05) is 19.1 Å². The van der Waals surface area contributed by atoms with Crippen LogP contribution in [0.15, 0.2) is 23.5 Å². The summed E-state index contributed by atoms with van der Waals surface area (Å²) in [6.45, 7) is 2.36. The van der Waals surface area contributed by atoms with Crippen molar-refractivity contribution in [3.63, 3.8) is 0 Å². The second kappa shape index (κ2) is 6.88. The molecule has 1 amide bonds. The third-order valence-electron chi connectivity index (χ3n) is 3.42. The van der Waals surface area contributed by atoms with Crippen molar-refractivity contribution in [3.05, 3.63) is 29.6 Å². The molecule has 1 aliphatic rings. The maximum Gasteiger partial charge on any atom is 0.404 e. The van der Waals surface area contributed by atoms with Crippen LogP contribution in [0, 0.1) is 6.92 Å². The fourth-order valence-corrected chi connectivity index (χ4v) is 2.22. The van der Waals surface area contributed by atoms with Gasteiger partial charge in [-0.3, -0.25) is 4.98 Å². The SMILES string of the molecule is Cc1ncccc1CON=C1CCC(NC(=O)O)CC1. The Hall–Kier alpha value is -2.11. The van der Waals surface area contributed by atoms with Crippen molar-refractivity contribution in [1.82, 2.24) is 10.3 Å². The van der Waals surface area contributed by atoms with Gasteiger partial charge in [0.05, 0.1) is 5.71 Å². The lowest BCUT2D eigenvalue weighted by atomic mass is 9.94. The molecule has 6 nitrogen and oxygen atoms in total. The van der Waals surface area contributed by atoms with Gasteiger partial charge in [-0.2, -0.15) is 0 Å². The molecule has 20 heavy (non-hydrogen) atoms. The quantitative estimate of drug-likeness (QED) is 0.828. The van der Waals surface area contributed by atoms with Gasteiger partial charge < -0.3 is 15.3 Å². The molecule has 2 N–H and O–H groups in total. The number of rotatable bonds is 4. The average Bonchev–Trinajstić information content (AvgIpc) is 2.42. The summed E-state index contributed by atoms with van der Waals surface area (Å²) in [5, 5.41) is 15.3. The second-order valence-electron chi connectivity index (χ2n) is 4.90. The van der Waals surface area contributed by atoms with Gasteiger partial charge >= 0.3 is 6.09 Å². The molecule has 0 radical (unpaired) electrons. The number of nitrogens with zero attached hydrogens (tertiary/aromatic N) is 2. The minimum Gasteiger partial charge on any atom is -0.465 e. The Morgan fingerprint density at radius 2 is 2.30 bits per heavy atom. The molecule has 2 rings (SSSR count). The van der Waals surface area contributed by atoms with E-state index in [1.54, 1.807) is 6.20 Å². The first-order chi connectivity index (χ1) is 9.65. The van der Waals surface area contributed by atoms with E-state index in [1.165, 1.54) is 0 Å². The van der Waals surface area contributed by atoms with Gasteiger partial charge in [0.2, 0.25) is 0 Å². The number of amides is 1. The van der Waals surface area contributed by atoms with Gasteiger partial charge in [-0.25, -0.2) is 4.79 Å². The zero-order valence-electron chi connectivity index (χ0n) is 11.5. The van der Waals surface area contributed by atoms with Crippen molar-refractivity contribution < 1.29 is 14.7 Å². The Morgan fingerprint density at radius 1 is 1.55 bits per heavy atom. The van der Waals surface area contributed by atoms with Crippen LogP contribution in [0.4, 0.5) is 4.79 Å². The van der Waals surface area contributed by atoms with Crippen molar-refractivity contribution >= 4 is 11.8 Å². The number of hydrogen-bond donors (Lipinski definition) is 2. The summed E-state index contributed by atoms with van der Waals surface area (Å²) in [5.74, 6) is 0. The molecule has 0 aliphatic heterocycles. The molecule has 6 heteroatoms. The molecule has 1 fully saturated rings. The van der Waals surface area contributed by atoms with Crippen LogP contribution in [0.1, 0.15) is 36.9 Å². The average molecular weight is 277 g/mol. The predicted molar refractivity (Wildman–Crippen MR) is 74.6 cm³/mol. The van der Waals surface area contributed by atoms with E-state index < -0.39 is 6.09 Å². The molecule has 1 aromatic rings. The number of carbonyl (C=O) groups is 1. The molecule has 0 aromatic carbocycles. The van der Waals surface area contributed by atoms with Gasteiger partial charge in [-0.1, -0.05) is 11.2 Å². The normalized spacial score (nSPS) is 18.4. The predicted octanol–water partition coefficient (Wildman–Crippen LogP) is 2.47. The Bertz CT molecular complexity index is 492. The number of carboxylic acid groups (broad SMARTS) is 1. The zero-order valence-corrected chi connectivity index (χ0v) is 11.5. The summed E-state index contributed by atoms with van der Waals surface area (Å²) < 4.78 is 0. The van der Waals surface area contributed by atoms with Gasteiger partial charge in [0.1, 0.15) is 6.61 Å². The lowest BCUT2D eigenvalue weighted by Crippen LogP contribution is -2.36. The lowest BCUT2D eigenvalue weighted by Gasteiger charge is -2.22. The summed E-state index contributed by atoms with van der Waals surface area (Å²) in [7, 11) is 0. The molecule has 1 aromatic heterocycles. The fraction of sp³-hybridized carbons (Fsp3) is 0.500. The maximum atomic E-state index is 10.5. The van der Waals surface area contributed by atoms with Crippen molar-refractivity contribution in [2.45, 2.75) is 45.3 Å². The number of aryl methyl sites for hydroxylation is 1. The van der Waals surface area contributed by atoms with Crippen LogP contribution in [0.3, 0.4) is 0 Å². The number of nitrogens with one attached hydrogen (secondary N) is 1. The highest BCUT2D eigenvalue weighted by molar-refractivity contribution is 5.84. The largest absolute Gasteiger partial charge is 0.465 e. The molecule has 0 atom stereocenters. The van der Waals surface area contributed by atoms with Crippen molar-refractivity contribution in [3.8, 4) is 0 Å². The van der Waals surface area contributed by atoms with Crippen LogP contribution in [0.5, 0.6) is 0 Å². The van der Waals surface area contributed by atoms with Crippen molar-refractivity contribution in [2.75, 3.05) is 0 Å². The van der Waals surface area contributed by atoms with E-state index in [-0.39, 0.29) is 6.04 Å². The first-order valence-corrected chi connectivity index (χ1v) is 6.73. The smallest absolute Gasteiger partial charge is 0.404 e. The van der Waals surface area contributed by atoms with Crippen LogP contribution < -0.4 is 5.32 Å². The summed E-state index contributed by atoms with van der Waals surface area (Å²) >= 11 is 0. The van der Waals surface area contributed by atoms with E-state index in [0.717, 1.165) is 42.7 Å². The summed E-state index contributed by atoms with van der Waals surface area (Å²) in [6, 6.07) is 3.88. The third-order valence-corrected chi connectivity index (χ3v) is 3.42. The maximum absolute atomic E-state index is 10.5. The molecule has 0 spiro atoms. The Morgan fingerprint density at radius 3 is 2.95 bits per heavy atom. The van der Waals surface area contributed by atoms with Crippen LogP contribution >= 0.6 is 0 Å². The number of aromatic nitrogens is 1. The number of oxime groups is 1. The highest BCUT2D eigenvalue weighted by Gasteiger charge is 2.19. The Labute approximate surface area is 117 Å². The molecule has 0 bridgehead atoms. The van der Waals surface area contributed by atoms with E-state index in [9.17, 15) is 4.79 Å². The first kappa shape index (κ1) is 14.3. The number of hydrogen-bond acceptors (Lipinski definition) is 4. The summed E-state index contributed by atoms with van der Waals surface area (Å²) in [5.41, 5.74) is 2.97. The van der Waals surface area contributed by atoms with Gasteiger partial charge in [0.15, 0.2) is 0 Å². The molecule has 1 saturated carbocycles. The van der Waals surface area contributed by atoms with Crippen LogP contribution in [0.25, 0.3) is 0 Å². The standard InChI is InChI=1S/C14H19N3O3/c1-10-11(3-2-8-15-10)9-20-17-13-6-4-12(5-7-13)16-14(18)19/h2-3,8,12,16H,4-7,9H2,1H3,(H,18,19). The molecular weight excluding hydrogens is 258 g/mol. The van der Waals surface area contributed by atoms with Gasteiger partial charge in [-0.15, -0.1) is 0 Å². The van der Waals surface area contributed by atoms with Gasteiger partial charge in [0, 0.05) is 23.5 Å². The molecule has 1 aliphatic carbocycles. The molecule has 0 unspecified atom stereocenters. The monoisotopic (exact) mass is 277 g/mol. The van der Waals surface area contributed by atoms with Crippen LogP contribution in [0.2, 0.25) is 0 Å². The fourth-order valence-electron chi connectivity index (χ4n) is 2.22. The minimum atomic E-state index is -0.960. The van der Waals surface area contributed by atoms with Crippen LogP contribution in [-0.4, -0.2) is 27.9 Å². The summed E-state index contributed by atoms with van der Waals surface area (Å²) in [6.07, 6.45) is 3.90. The molecule has 1 heterocycles. The zero-order chi connectivity index (χ0) is 14.4. The van der Waals surface area contributed by atoms with Gasteiger partial charge in [0.25, 0.3) is 0 Å². The minimum absolute atomic E-state index is 0.0343. The highest BCUT2D eigenvalue weighted by Crippen LogP contribution is 2.17. The van der Waals surface area contributed by atoms with E-state index >= 15 is 0 Å². The van der Waals surface area contributed by atoms with Crippen molar-refractivity contribution in [1.29, 1.82) is 0 Å². The molecular formula is C14H19N3O3. The topological polar surface area (TPSA) is 83.8 Å². The van der Waals surface area contributed by atoms with Gasteiger partial charge in [-0.05, 0) is 38.7 Å². The third kappa shape index (κ3) is 4.22. The van der Waals surface area contributed by atoms with Crippen molar-refractivity contribution in [2.24, 2.45) is 5.16 Å². The highest BCUT2D eigenvalue weighted by atomic mass is 16.6. The molecule has 108 valence electrons. The van der Waals surface area contributed by atoms with Crippen LogP contribution in [-0.2, 0) is 11.4 Å². The molecule has 0 saturated heterocycles.